The molecular formula is C9H15NOS. The van der Waals surface area contributed by atoms with E-state index in [0.29, 0.717) is 13.0 Å². The summed E-state index contributed by atoms with van der Waals surface area (Å²) in [5.41, 5.74) is 6.56. The fourth-order valence-electron chi connectivity index (χ4n) is 1.22. The van der Waals surface area contributed by atoms with Gasteiger partial charge in [0.2, 0.25) is 0 Å². The van der Waals surface area contributed by atoms with E-state index in [2.05, 4.69) is 19.9 Å². The number of aliphatic hydroxyl groups excluding tert-OH is 1. The van der Waals surface area contributed by atoms with Crippen LogP contribution in [0.25, 0.3) is 0 Å². The van der Waals surface area contributed by atoms with Gasteiger partial charge in [0.25, 0.3) is 0 Å². The molecule has 2 nitrogen and oxygen atoms in total. The first kappa shape index (κ1) is 9.71. The summed E-state index contributed by atoms with van der Waals surface area (Å²) in [6.45, 7) is 4.50. The normalized spacial score (nSPS) is 13.3. The molecule has 0 aromatic carbocycles. The van der Waals surface area contributed by atoms with E-state index in [9.17, 15) is 5.11 Å². The molecule has 68 valence electrons. The molecule has 0 saturated carbocycles. The summed E-state index contributed by atoms with van der Waals surface area (Å²) >= 11 is 1.77. The highest BCUT2D eigenvalue weighted by molar-refractivity contribution is 7.12. The number of aliphatic hydroxyl groups is 1. The molecule has 0 aliphatic heterocycles. The Morgan fingerprint density at radius 1 is 1.58 bits per heavy atom. The summed E-state index contributed by atoms with van der Waals surface area (Å²) in [5.74, 6) is 0. The zero-order valence-corrected chi connectivity index (χ0v) is 8.32. The third-order valence-electron chi connectivity index (χ3n) is 1.87. The second-order valence-corrected chi connectivity index (χ2v) is 4.49. The number of hydrogen-bond donors (Lipinski definition) is 2. The van der Waals surface area contributed by atoms with Crippen LogP contribution in [0.3, 0.4) is 0 Å². The number of hydrogen-bond acceptors (Lipinski definition) is 3. The average molecular weight is 185 g/mol. The first-order valence-corrected chi connectivity index (χ1v) is 4.89. The lowest BCUT2D eigenvalue weighted by atomic mass is 10.1. The van der Waals surface area contributed by atoms with Crippen LogP contribution < -0.4 is 5.73 Å². The van der Waals surface area contributed by atoms with Crippen molar-refractivity contribution in [3.63, 3.8) is 0 Å². The molecule has 1 aromatic heterocycles. The third-order valence-corrected chi connectivity index (χ3v) is 2.88. The maximum Gasteiger partial charge on any atom is 0.0703 e. The molecule has 0 bridgehead atoms. The lowest BCUT2D eigenvalue weighted by Crippen LogP contribution is -2.21. The molecule has 3 heteroatoms. The van der Waals surface area contributed by atoms with Crippen LogP contribution in [0.1, 0.15) is 15.3 Å². The molecule has 12 heavy (non-hydrogen) atoms. The minimum Gasteiger partial charge on any atom is -0.391 e. The maximum absolute atomic E-state index is 9.32. The SMILES string of the molecule is Cc1cc(CC(O)CN)c(C)s1. The standard InChI is InChI=1S/C9H15NOS/c1-6-3-8(7(2)12-6)4-9(11)5-10/h3,9,11H,4-5,10H2,1-2H3. The van der Waals surface area contributed by atoms with E-state index in [0.717, 1.165) is 0 Å². The Labute approximate surface area is 77.0 Å². The van der Waals surface area contributed by atoms with Gasteiger partial charge in [0.1, 0.15) is 0 Å². The van der Waals surface area contributed by atoms with Crippen LogP contribution in [-0.4, -0.2) is 17.8 Å². The average Bonchev–Trinajstić information content (AvgIpc) is 2.30. The Morgan fingerprint density at radius 2 is 2.25 bits per heavy atom. The van der Waals surface area contributed by atoms with Gasteiger partial charge in [0, 0.05) is 22.7 Å². The van der Waals surface area contributed by atoms with Gasteiger partial charge < -0.3 is 10.8 Å². The van der Waals surface area contributed by atoms with Gasteiger partial charge in [-0.1, -0.05) is 0 Å². The van der Waals surface area contributed by atoms with Gasteiger partial charge in [0.15, 0.2) is 0 Å². The van der Waals surface area contributed by atoms with E-state index in [4.69, 9.17) is 5.73 Å². The van der Waals surface area contributed by atoms with Crippen molar-refractivity contribution >= 4 is 11.3 Å². The van der Waals surface area contributed by atoms with Gasteiger partial charge in [-0.15, -0.1) is 11.3 Å². The Morgan fingerprint density at radius 3 is 2.67 bits per heavy atom. The monoisotopic (exact) mass is 185 g/mol. The van der Waals surface area contributed by atoms with Crippen LogP contribution in [0.5, 0.6) is 0 Å². The fraction of sp³-hybridized carbons (Fsp3) is 0.556. The molecule has 1 atom stereocenters. The second-order valence-electron chi connectivity index (χ2n) is 3.03. The molecule has 1 heterocycles. The summed E-state index contributed by atoms with van der Waals surface area (Å²) in [6, 6.07) is 2.12. The van der Waals surface area contributed by atoms with Crippen molar-refractivity contribution in [2.75, 3.05) is 6.54 Å². The van der Waals surface area contributed by atoms with Crippen molar-refractivity contribution in [2.24, 2.45) is 5.73 Å². The van der Waals surface area contributed by atoms with Crippen molar-refractivity contribution in [1.29, 1.82) is 0 Å². The van der Waals surface area contributed by atoms with Crippen LogP contribution in [0.15, 0.2) is 6.07 Å². The molecule has 1 unspecified atom stereocenters. The quantitative estimate of drug-likeness (QED) is 0.744. The van der Waals surface area contributed by atoms with Gasteiger partial charge in [-0.05, 0) is 25.5 Å². The fourth-order valence-corrected chi connectivity index (χ4v) is 2.18. The van der Waals surface area contributed by atoms with Crippen molar-refractivity contribution in [2.45, 2.75) is 26.4 Å². The highest BCUT2D eigenvalue weighted by atomic mass is 32.1. The topological polar surface area (TPSA) is 46.2 Å². The maximum atomic E-state index is 9.32. The van der Waals surface area contributed by atoms with Crippen molar-refractivity contribution in [3.05, 3.63) is 21.4 Å². The summed E-state index contributed by atoms with van der Waals surface area (Å²) < 4.78 is 0. The van der Waals surface area contributed by atoms with E-state index in [1.165, 1.54) is 15.3 Å². The molecule has 0 radical (unpaired) electrons. The minimum atomic E-state index is -0.391. The van der Waals surface area contributed by atoms with Crippen molar-refractivity contribution in [3.8, 4) is 0 Å². The molecule has 1 aromatic rings. The Kier molecular flexibility index (Phi) is 3.26. The molecular weight excluding hydrogens is 170 g/mol. The zero-order chi connectivity index (χ0) is 9.14. The van der Waals surface area contributed by atoms with Crippen molar-refractivity contribution < 1.29 is 5.11 Å². The third kappa shape index (κ3) is 2.30. The van der Waals surface area contributed by atoms with Crippen LogP contribution in [0.2, 0.25) is 0 Å². The van der Waals surface area contributed by atoms with E-state index < -0.39 is 6.10 Å². The summed E-state index contributed by atoms with van der Waals surface area (Å²) in [7, 11) is 0. The molecule has 0 aliphatic carbocycles. The number of thiophene rings is 1. The van der Waals surface area contributed by atoms with Gasteiger partial charge in [-0.25, -0.2) is 0 Å². The Balaban J connectivity index is 2.68. The predicted molar refractivity (Wildman–Crippen MR) is 52.6 cm³/mol. The molecule has 1 rings (SSSR count). The van der Waals surface area contributed by atoms with Crippen LogP contribution in [0.4, 0.5) is 0 Å². The largest absolute Gasteiger partial charge is 0.391 e. The highest BCUT2D eigenvalue weighted by Crippen LogP contribution is 2.21. The van der Waals surface area contributed by atoms with E-state index in [1.54, 1.807) is 11.3 Å². The zero-order valence-electron chi connectivity index (χ0n) is 7.50. The highest BCUT2D eigenvalue weighted by Gasteiger charge is 2.07. The summed E-state index contributed by atoms with van der Waals surface area (Å²) in [6.07, 6.45) is 0.296. The molecule has 0 saturated heterocycles. The molecule has 0 aliphatic rings. The first-order chi connectivity index (χ1) is 5.63. The van der Waals surface area contributed by atoms with E-state index in [1.807, 2.05) is 0 Å². The van der Waals surface area contributed by atoms with E-state index in [-0.39, 0.29) is 0 Å². The van der Waals surface area contributed by atoms with Crippen LogP contribution in [0, 0.1) is 13.8 Å². The Hall–Kier alpha value is -0.380. The van der Waals surface area contributed by atoms with Gasteiger partial charge in [0.05, 0.1) is 6.10 Å². The van der Waals surface area contributed by atoms with Crippen LogP contribution in [-0.2, 0) is 6.42 Å². The number of aryl methyl sites for hydroxylation is 2. The molecule has 0 fully saturated rings. The molecule has 3 N–H and O–H groups in total. The van der Waals surface area contributed by atoms with Crippen LogP contribution >= 0.6 is 11.3 Å². The van der Waals surface area contributed by atoms with Gasteiger partial charge in [-0.3, -0.25) is 0 Å². The predicted octanol–water partition coefficient (Wildman–Crippen LogP) is 1.23. The summed E-state index contributed by atoms with van der Waals surface area (Å²) in [5, 5.41) is 9.32. The lowest BCUT2D eigenvalue weighted by Gasteiger charge is -2.05. The lowest BCUT2D eigenvalue weighted by molar-refractivity contribution is 0.183. The first-order valence-electron chi connectivity index (χ1n) is 4.07. The van der Waals surface area contributed by atoms with Gasteiger partial charge in [-0.2, -0.15) is 0 Å². The van der Waals surface area contributed by atoms with Crippen molar-refractivity contribution in [1.82, 2.24) is 0 Å². The van der Waals surface area contributed by atoms with E-state index >= 15 is 0 Å². The number of nitrogens with two attached hydrogens (primary N) is 1. The Bertz CT molecular complexity index is 257. The summed E-state index contributed by atoms with van der Waals surface area (Å²) in [4.78, 5) is 2.59. The molecule has 0 amide bonds. The number of rotatable bonds is 3. The smallest absolute Gasteiger partial charge is 0.0703 e. The second kappa shape index (κ2) is 4.03. The van der Waals surface area contributed by atoms with Gasteiger partial charge >= 0.3 is 0 Å². The molecule has 0 spiro atoms. The minimum absolute atomic E-state index is 0.342.